The smallest absolute Gasteiger partial charge is 0.246 e. The van der Waals surface area contributed by atoms with E-state index in [0.29, 0.717) is 30.2 Å². The molecule has 1 atom stereocenters. The van der Waals surface area contributed by atoms with Crippen molar-refractivity contribution in [2.24, 2.45) is 0 Å². The van der Waals surface area contributed by atoms with Crippen molar-refractivity contribution in [3.8, 4) is 0 Å². The van der Waals surface area contributed by atoms with Gasteiger partial charge in [0.05, 0.1) is 11.9 Å². The van der Waals surface area contributed by atoms with E-state index in [-0.39, 0.29) is 5.91 Å². The lowest BCUT2D eigenvalue weighted by atomic mass is 10.1. The molecule has 1 amide bonds. The minimum absolute atomic E-state index is 0.127. The minimum atomic E-state index is -3.60. The van der Waals surface area contributed by atoms with Crippen LogP contribution in [0.3, 0.4) is 0 Å². The molecule has 0 aromatic heterocycles. The highest BCUT2D eigenvalue weighted by Crippen LogP contribution is 2.26. The molecular formula is C16H23ClN2O3S. The summed E-state index contributed by atoms with van der Waals surface area (Å²) in [6, 6.07) is 5.88. The normalized spacial score (nSPS) is 16.9. The summed E-state index contributed by atoms with van der Waals surface area (Å²) in [6.07, 6.45) is 4.59. The summed E-state index contributed by atoms with van der Waals surface area (Å²) in [5, 5.41) is 0.441. The van der Waals surface area contributed by atoms with Gasteiger partial charge in [0.2, 0.25) is 15.9 Å². The first-order chi connectivity index (χ1) is 10.8. The predicted octanol–water partition coefficient (Wildman–Crippen LogP) is 2.90. The van der Waals surface area contributed by atoms with Gasteiger partial charge in [-0.15, -0.1) is 0 Å². The van der Waals surface area contributed by atoms with Crippen LogP contribution in [-0.2, 0) is 14.8 Å². The molecule has 0 spiro atoms. The molecule has 0 aliphatic carbocycles. The monoisotopic (exact) mass is 358 g/mol. The number of carbonyl (C=O) groups is 1. The van der Waals surface area contributed by atoms with E-state index in [1.165, 1.54) is 4.31 Å². The van der Waals surface area contributed by atoms with Gasteiger partial charge in [-0.2, -0.15) is 0 Å². The Balaban J connectivity index is 2.38. The van der Waals surface area contributed by atoms with Crippen molar-refractivity contribution in [1.29, 1.82) is 0 Å². The Morgan fingerprint density at radius 1 is 1.30 bits per heavy atom. The first kappa shape index (κ1) is 18.1. The molecule has 23 heavy (non-hydrogen) atoms. The van der Waals surface area contributed by atoms with Crippen molar-refractivity contribution in [3.05, 3.63) is 29.3 Å². The third-order valence-electron chi connectivity index (χ3n) is 4.04. The summed E-state index contributed by atoms with van der Waals surface area (Å²) in [4.78, 5) is 14.6. The first-order valence-electron chi connectivity index (χ1n) is 7.88. The van der Waals surface area contributed by atoms with E-state index in [1.54, 1.807) is 29.2 Å². The zero-order valence-corrected chi connectivity index (χ0v) is 15.1. The second-order valence-electron chi connectivity index (χ2n) is 5.85. The van der Waals surface area contributed by atoms with Crippen LogP contribution < -0.4 is 4.31 Å². The van der Waals surface area contributed by atoms with E-state index in [9.17, 15) is 13.2 Å². The number of hydrogen-bond acceptors (Lipinski definition) is 3. The third kappa shape index (κ3) is 4.38. The number of anilines is 1. The maximum Gasteiger partial charge on any atom is 0.246 e. The predicted molar refractivity (Wildman–Crippen MR) is 93.3 cm³/mol. The molecule has 1 aromatic carbocycles. The Hall–Kier alpha value is -1.27. The van der Waals surface area contributed by atoms with Crippen molar-refractivity contribution in [1.82, 2.24) is 4.90 Å². The van der Waals surface area contributed by atoms with Crippen LogP contribution in [0.5, 0.6) is 0 Å². The molecule has 5 nitrogen and oxygen atoms in total. The summed E-state index contributed by atoms with van der Waals surface area (Å²) < 4.78 is 25.9. The van der Waals surface area contributed by atoms with Crippen LogP contribution in [0, 0.1) is 0 Å². The van der Waals surface area contributed by atoms with Crippen molar-refractivity contribution in [2.75, 3.05) is 23.7 Å². The van der Waals surface area contributed by atoms with Gasteiger partial charge in [0.15, 0.2) is 0 Å². The zero-order chi connectivity index (χ0) is 17.0. The lowest BCUT2D eigenvalue weighted by Crippen LogP contribution is -2.51. The average Bonchev–Trinajstić information content (AvgIpc) is 2.51. The maximum atomic E-state index is 12.9. The molecule has 128 valence electrons. The maximum absolute atomic E-state index is 12.9. The molecule has 1 aliphatic heterocycles. The van der Waals surface area contributed by atoms with E-state index in [4.69, 9.17) is 11.6 Å². The van der Waals surface area contributed by atoms with Crippen LogP contribution in [-0.4, -0.2) is 44.6 Å². The number of piperidine rings is 1. The summed E-state index contributed by atoms with van der Waals surface area (Å²) in [5.74, 6) is -0.127. The molecule has 0 saturated carbocycles. The number of carbonyl (C=O) groups excluding carboxylic acids is 1. The average molecular weight is 359 g/mol. The van der Waals surface area contributed by atoms with Gasteiger partial charge in [0, 0.05) is 18.1 Å². The lowest BCUT2D eigenvalue weighted by molar-refractivity contribution is -0.133. The molecule has 0 unspecified atom stereocenters. The molecule has 1 aliphatic rings. The van der Waals surface area contributed by atoms with Crippen LogP contribution in [0.4, 0.5) is 5.69 Å². The van der Waals surface area contributed by atoms with Crippen molar-refractivity contribution in [2.45, 2.75) is 38.6 Å². The van der Waals surface area contributed by atoms with Gasteiger partial charge in [0.25, 0.3) is 0 Å². The van der Waals surface area contributed by atoms with Crippen LogP contribution in [0.25, 0.3) is 0 Å². The summed E-state index contributed by atoms with van der Waals surface area (Å²) in [7, 11) is -3.60. The summed E-state index contributed by atoms with van der Waals surface area (Å²) in [6.45, 7) is 3.22. The number of hydrogen-bond donors (Lipinski definition) is 0. The fourth-order valence-electron chi connectivity index (χ4n) is 2.98. The number of amides is 1. The van der Waals surface area contributed by atoms with Crippen molar-refractivity contribution >= 4 is 33.2 Å². The third-order valence-corrected chi connectivity index (χ3v) is 5.46. The summed E-state index contributed by atoms with van der Waals surface area (Å²) >= 11 is 6.00. The molecule has 1 aromatic rings. The molecular weight excluding hydrogens is 336 g/mol. The highest BCUT2D eigenvalue weighted by Gasteiger charge is 2.34. The highest BCUT2D eigenvalue weighted by atomic mass is 35.5. The van der Waals surface area contributed by atoms with Gasteiger partial charge in [-0.25, -0.2) is 8.42 Å². The van der Waals surface area contributed by atoms with Crippen molar-refractivity contribution in [3.63, 3.8) is 0 Å². The molecule has 0 radical (unpaired) electrons. The Kier molecular flexibility index (Phi) is 5.92. The van der Waals surface area contributed by atoms with Gasteiger partial charge in [-0.1, -0.05) is 24.6 Å². The Morgan fingerprint density at radius 2 is 1.96 bits per heavy atom. The topological polar surface area (TPSA) is 57.7 Å². The quantitative estimate of drug-likeness (QED) is 0.813. The van der Waals surface area contributed by atoms with Gasteiger partial charge in [0.1, 0.15) is 6.04 Å². The van der Waals surface area contributed by atoms with Gasteiger partial charge in [-0.05, 0) is 43.9 Å². The number of sulfonamides is 1. The van der Waals surface area contributed by atoms with Crippen LogP contribution in [0.15, 0.2) is 24.3 Å². The first-order valence-corrected chi connectivity index (χ1v) is 10.1. The van der Waals surface area contributed by atoms with Gasteiger partial charge >= 0.3 is 0 Å². The number of likely N-dealkylation sites (tertiary alicyclic amines) is 1. The van der Waals surface area contributed by atoms with Gasteiger partial charge in [-0.3, -0.25) is 9.10 Å². The summed E-state index contributed by atoms with van der Waals surface area (Å²) in [5.41, 5.74) is 0.428. The molecule has 0 bridgehead atoms. The molecule has 7 heteroatoms. The van der Waals surface area contributed by atoms with Crippen LogP contribution in [0.2, 0.25) is 5.02 Å². The molecule has 1 saturated heterocycles. The van der Waals surface area contributed by atoms with E-state index in [0.717, 1.165) is 25.5 Å². The van der Waals surface area contributed by atoms with Crippen LogP contribution in [0.1, 0.15) is 32.6 Å². The van der Waals surface area contributed by atoms with E-state index in [2.05, 4.69) is 0 Å². The fraction of sp³-hybridized carbons (Fsp3) is 0.562. The second-order valence-corrected chi connectivity index (χ2v) is 8.14. The molecule has 1 heterocycles. The highest BCUT2D eigenvalue weighted by molar-refractivity contribution is 7.92. The molecule has 2 rings (SSSR count). The Labute approximate surface area is 143 Å². The standard InChI is InChI=1S/C16H23ClN2O3S/c1-3-15(16(20)18-10-5-4-6-11-18)19(23(2,21)22)14-9-7-8-13(17)12-14/h7-9,12,15H,3-6,10-11H2,1-2H3/t15-/m0/s1. The number of nitrogens with zero attached hydrogens (tertiary/aromatic N) is 2. The minimum Gasteiger partial charge on any atom is -0.341 e. The number of rotatable bonds is 5. The molecule has 1 fully saturated rings. The largest absolute Gasteiger partial charge is 0.341 e. The molecule has 0 N–H and O–H groups in total. The lowest BCUT2D eigenvalue weighted by Gasteiger charge is -2.35. The van der Waals surface area contributed by atoms with E-state index in [1.807, 2.05) is 6.92 Å². The number of benzene rings is 1. The Morgan fingerprint density at radius 3 is 2.48 bits per heavy atom. The van der Waals surface area contributed by atoms with Crippen LogP contribution >= 0.6 is 11.6 Å². The van der Waals surface area contributed by atoms with E-state index >= 15 is 0 Å². The van der Waals surface area contributed by atoms with Crippen molar-refractivity contribution < 1.29 is 13.2 Å². The number of halogens is 1. The fourth-order valence-corrected chi connectivity index (χ4v) is 4.36. The second kappa shape index (κ2) is 7.53. The van der Waals surface area contributed by atoms with Gasteiger partial charge < -0.3 is 4.90 Å². The zero-order valence-electron chi connectivity index (χ0n) is 13.5. The Bertz CT molecular complexity index is 657. The van der Waals surface area contributed by atoms with E-state index < -0.39 is 16.1 Å². The SMILES string of the molecule is CC[C@@H](C(=O)N1CCCCC1)N(c1cccc(Cl)c1)S(C)(=O)=O.